The maximum absolute atomic E-state index is 11.6. The van der Waals surface area contributed by atoms with Crippen molar-refractivity contribution in [2.24, 2.45) is 0 Å². The third kappa shape index (κ3) is 1.89. The first kappa shape index (κ1) is 12.3. The Morgan fingerprint density at radius 2 is 1.33 bits per heavy atom. The number of hydrogen-bond donors (Lipinski definition) is 0. The van der Waals surface area contributed by atoms with E-state index in [0.29, 0.717) is 11.1 Å². The molecule has 0 amide bonds. The zero-order chi connectivity index (χ0) is 13.0. The van der Waals surface area contributed by atoms with Gasteiger partial charge in [0.05, 0.1) is 5.97 Å². The minimum absolute atomic E-state index is 0.540. The van der Waals surface area contributed by atoms with Crippen LogP contribution in [0.1, 0.15) is 11.1 Å². The van der Waals surface area contributed by atoms with Crippen LogP contribution in [0.4, 0.5) is 0 Å². The molecule has 0 aliphatic heterocycles. The van der Waals surface area contributed by atoms with E-state index in [1.807, 2.05) is 12.1 Å². The Hall–Kier alpha value is -2.13. The third-order valence-corrected chi connectivity index (χ3v) is 2.95. The molecule has 0 bridgehead atoms. The van der Waals surface area contributed by atoms with Gasteiger partial charge in [-0.1, -0.05) is 60.7 Å². The summed E-state index contributed by atoms with van der Waals surface area (Å²) < 4.78 is 5.31. The van der Waals surface area contributed by atoms with Crippen molar-refractivity contribution in [2.75, 3.05) is 7.11 Å². The highest BCUT2D eigenvalue weighted by molar-refractivity contribution is 5.82. The van der Waals surface area contributed by atoms with Crippen LogP contribution in [0, 0.1) is 0 Å². The Kier molecular flexibility index (Phi) is 3.44. The number of rotatable bonds is 4. The van der Waals surface area contributed by atoms with E-state index in [2.05, 4.69) is 0 Å². The molecule has 0 aliphatic carbocycles. The molecule has 2 aromatic carbocycles. The molecule has 0 radical (unpaired) electrons. The van der Waals surface area contributed by atoms with Crippen molar-refractivity contribution in [1.29, 1.82) is 0 Å². The fourth-order valence-electron chi connectivity index (χ4n) is 2.07. The van der Waals surface area contributed by atoms with Crippen molar-refractivity contribution in [3.05, 3.63) is 71.8 Å². The molecular formula is C15H13O3-. The summed E-state index contributed by atoms with van der Waals surface area (Å²) >= 11 is 0. The van der Waals surface area contributed by atoms with E-state index in [9.17, 15) is 9.90 Å². The van der Waals surface area contributed by atoms with Crippen LogP contribution in [0.3, 0.4) is 0 Å². The van der Waals surface area contributed by atoms with Gasteiger partial charge >= 0.3 is 0 Å². The summed E-state index contributed by atoms with van der Waals surface area (Å²) in [4.78, 5) is 11.6. The standard InChI is InChI=1S/C15H14O3/c1-18-15(14(16)17,12-8-4-2-5-9-12)13-10-6-3-7-11-13/h2-11H,1H3,(H,16,17)/p-1. The average molecular weight is 241 g/mol. The molecule has 0 N–H and O–H groups in total. The van der Waals surface area contributed by atoms with Crippen LogP contribution in [-0.2, 0) is 15.1 Å². The summed E-state index contributed by atoms with van der Waals surface area (Å²) in [6.45, 7) is 0. The maximum Gasteiger partial charge on any atom is 0.157 e. The van der Waals surface area contributed by atoms with Crippen LogP contribution in [0.5, 0.6) is 0 Å². The van der Waals surface area contributed by atoms with Crippen LogP contribution in [0.15, 0.2) is 60.7 Å². The number of methoxy groups -OCH3 is 1. The Balaban J connectivity index is 2.65. The van der Waals surface area contributed by atoms with Gasteiger partial charge in [-0.3, -0.25) is 0 Å². The molecule has 18 heavy (non-hydrogen) atoms. The number of aliphatic carboxylic acids is 1. The molecule has 3 nitrogen and oxygen atoms in total. The van der Waals surface area contributed by atoms with E-state index < -0.39 is 11.6 Å². The second-order valence-electron chi connectivity index (χ2n) is 3.90. The molecule has 2 rings (SSSR count). The average Bonchev–Trinajstić information content (AvgIpc) is 2.42. The number of carbonyl (C=O) groups is 1. The SMILES string of the molecule is COC(C(=O)[O-])(c1ccccc1)c1ccccc1. The van der Waals surface area contributed by atoms with Gasteiger partial charge in [0.2, 0.25) is 0 Å². The molecule has 0 saturated heterocycles. The van der Waals surface area contributed by atoms with Gasteiger partial charge in [0.25, 0.3) is 0 Å². The molecule has 0 aromatic heterocycles. The molecule has 0 saturated carbocycles. The Bertz CT molecular complexity index is 480. The smallest absolute Gasteiger partial charge is 0.157 e. The van der Waals surface area contributed by atoms with E-state index >= 15 is 0 Å². The van der Waals surface area contributed by atoms with Crippen LogP contribution >= 0.6 is 0 Å². The topological polar surface area (TPSA) is 49.4 Å². The van der Waals surface area contributed by atoms with Gasteiger partial charge in [-0.2, -0.15) is 0 Å². The first-order valence-corrected chi connectivity index (χ1v) is 5.59. The lowest BCUT2D eigenvalue weighted by molar-refractivity contribution is -0.324. The van der Waals surface area contributed by atoms with Gasteiger partial charge in [0.15, 0.2) is 5.60 Å². The first-order chi connectivity index (χ1) is 8.71. The monoisotopic (exact) mass is 241 g/mol. The molecule has 0 fully saturated rings. The summed E-state index contributed by atoms with van der Waals surface area (Å²) in [5.74, 6) is -1.28. The van der Waals surface area contributed by atoms with E-state index in [1.165, 1.54) is 7.11 Å². The fourth-order valence-corrected chi connectivity index (χ4v) is 2.07. The van der Waals surface area contributed by atoms with Gasteiger partial charge in [-0.15, -0.1) is 0 Å². The van der Waals surface area contributed by atoms with Crippen molar-refractivity contribution in [3.63, 3.8) is 0 Å². The van der Waals surface area contributed by atoms with Crippen molar-refractivity contribution in [1.82, 2.24) is 0 Å². The lowest BCUT2D eigenvalue weighted by Crippen LogP contribution is -2.48. The number of carboxylic acids is 1. The fraction of sp³-hybridized carbons (Fsp3) is 0.133. The molecule has 0 heterocycles. The Morgan fingerprint density at radius 3 is 1.61 bits per heavy atom. The molecule has 0 spiro atoms. The minimum atomic E-state index is -1.57. The highest BCUT2D eigenvalue weighted by Crippen LogP contribution is 2.32. The lowest BCUT2D eigenvalue weighted by atomic mass is 9.86. The van der Waals surface area contributed by atoms with E-state index in [-0.39, 0.29) is 0 Å². The largest absolute Gasteiger partial charge is 0.546 e. The molecule has 3 heteroatoms. The molecule has 0 unspecified atom stereocenters. The van der Waals surface area contributed by atoms with Crippen molar-refractivity contribution in [3.8, 4) is 0 Å². The van der Waals surface area contributed by atoms with Crippen LogP contribution in [0.2, 0.25) is 0 Å². The first-order valence-electron chi connectivity index (χ1n) is 5.59. The second kappa shape index (κ2) is 5.02. The Labute approximate surface area is 106 Å². The third-order valence-electron chi connectivity index (χ3n) is 2.95. The highest BCUT2D eigenvalue weighted by atomic mass is 16.5. The van der Waals surface area contributed by atoms with E-state index in [1.54, 1.807) is 48.5 Å². The maximum atomic E-state index is 11.6. The van der Waals surface area contributed by atoms with Crippen molar-refractivity contribution < 1.29 is 14.6 Å². The minimum Gasteiger partial charge on any atom is -0.546 e. The normalized spacial score (nSPS) is 11.2. The van der Waals surface area contributed by atoms with Crippen LogP contribution in [0.25, 0.3) is 0 Å². The van der Waals surface area contributed by atoms with Gasteiger partial charge in [0.1, 0.15) is 0 Å². The van der Waals surface area contributed by atoms with Crippen molar-refractivity contribution in [2.45, 2.75) is 5.60 Å². The van der Waals surface area contributed by atoms with Crippen LogP contribution in [-0.4, -0.2) is 13.1 Å². The Morgan fingerprint density at radius 1 is 0.944 bits per heavy atom. The summed E-state index contributed by atoms with van der Waals surface area (Å²) in [5.41, 5.74) is -0.486. The zero-order valence-corrected chi connectivity index (χ0v) is 10.00. The lowest BCUT2D eigenvalue weighted by Gasteiger charge is -2.34. The molecule has 2 aromatic rings. The predicted octanol–water partition coefficient (Wildman–Crippen LogP) is 1.33. The highest BCUT2D eigenvalue weighted by Gasteiger charge is 2.35. The molecule has 92 valence electrons. The second-order valence-corrected chi connectivity index (χ2v) is 3.90. The van der Waals surface area contributed by atoms with E-state index in [0.717, 1.165) is 0 Å². The summed E-state index contributed by atoms with van der Waals surface area (Å²) in [7, 11) is 1.37. The number of hydrogen-bond acceptors (Lipinski definition) is 3. The number of carbonyl (C=O) groups excluding carboxylic acids is 1. The molecule has 0 atom stereocenters. The summed E-state index contributed by atoms with van der Waals surface area (Å²) in [6, 6.07) is 17.6. The van der Waals surface area contributed by atoms with Crippen LogP contribution < -0.4 is 5.11 Å². The van der Waals surface area contributed by atoms with Gasteiger partial charge in [-0.05, 0) is 11.1 Å². The zero-order valence-electron chi connectivity index (χ0n) is 10.00. The summed E-state index contributed by atoms with van der Waals surface area (Å²) in [5, 5.41) is 11.6. The quantitative estimate of drug-likeness (QED) is 0.811. The van der Waals surface area contributed by atoms with Gasteiger partial charge < -0.3 is 14.6 Å². The van der Waals surface area contributed by atoms with Crippen molar-refractivity contribution >= 4 is 5.97 Å². The number of benzene rings is 2. The van der Waals surface area contributed by atoms with E-state index in [4.69, 9.17) is 4.74 Å². The predicted molar refractivity (Wildman–Crippen MR) is 65.7 cm³/mol. The number of carboxylic acid groups (broad SMARTS) is 1. The number of ether oxygens (including phenoxy) is 1. The van der Waals surface area contributed by atoms with Gasteiger partial charge in [-0.25, -0.2) is 0 Å². The molecule has 0 aliphatic rings. The summed E-state index contributed by atoms with van der Waals surface area (Å²) in [6.07, 6.45) is 0. The van der Waals surface area contributed by atoms with Gasteiger partial charge in [0, 0.05) is 7.11 Å². The molecular weight excluding hydrogens is 228 g/mol.